The van der Waals surface area contributed by atoms with E-state index >= 15 is 0 Å². The van der Waals surface area contributed by atoms with E-state index in [-0.39, 0.29) is 12.4 Å². The summed E-state index contributed by atoms with van der Waals surface area (Å²) in [5, 5.41) is 10.8. The van der Waals surface area contributed by atoms with Crippen LogP contribution in [-0.2, 0) is 42.8 Å². The van der Waals surface area contributed by atoms with Gasteiger partial charge in [-0.15, -0.1) is 0 Å². The second-order valence-corrected chi connectivity index (χ2v) is 6.50. The Hall–Kier alpha value is -3.03. The van der Waals surface area contributed by atoms with Crippen molar-refractivity contribution in [3.63, 3.8) is 0 Å². The third kappa shape index (κ3) is 4.75. The maximum atomic E-state index is 11.7. The van der Waals surface area contributed by atoms with Crippen LogP contribution in [0.4, 0.5) is 5.88 Å². The van der Waals surface area contributed by atoms with E-state index in [0.717, 1.165) is 26.8 Å². The molecule has 3 heterocycles. The molecule has 2 aliphatic heterocycles. The molecule has 3 rings (SSSR count). The Morgan fingerprint density at radius 1 is 1.00 bits per heavy atom. The molecule has 6 atom stereocenters. The van der Waals surface area contributed by atoms with Crippen molar-refractivity contribution in [1.82, 2.24) is 0 Å². The van der Waals surface area contributed by atoms with Crippen molar-refractivity contribution in [3.8, 4) is 0 Å². The van der Waals surface area contributed by atoms with Gasteiger partial charge in [0.15, 0.2) is 11.9 Å². The number of fused-ring (bicyclic) bond motifs is 1. The zero-order valence-corrected chi connectivity index (χ0v) is 16.2. The lowest BCUT2D eigenvalue weighted by Gasteiger charge is -2.47. The molecular weight excluding hydrogens is 410 g/mol. The maximum absolute atomic E-state index is 11.7. The highest BCUT2D eigenvalue weighted by Crippen LogP contribution is 2.37. The minimum Gasteiger partial charge on any atom is -0.455 e. The van der Waals surface area contributed by atoms with Crippen molar-refractivity contribution in [2.24, 2.45) is 0 Å². The van der Waals surface area contributed by atoms with Gasteiger partial charge in [0, 0.05) is 20.8 Å². The third-order valence-corrected chi connectivity index (χ3v) is 4.19. The second kappa shape index (κ2) is 8.77. The van der Waals surface area contributed by atoms with Crippen LogP contribution in [0.15, 0.2) is 16.5 Å². The van der Waals surface area contributed by atoms with Gasteiger partial charge in [0.1, 0.15) is 17.1 Å². The molecule has 0 N–H and O–H groups in total. The van der Waals surface area contributed by atoms with E-state index < -0.39 is 65.7 Å². The molecule has 0 amide bonds. The molecule has 13 heteroatoms. The number of rotatable bonds is 5. The van der Waals surface area contributed by atoms with Gasteiger partial charge in [-0.1, -0.05) is 0 Å². The Bertz CT molecular complexity index is 834. The molecule has 1 aromatic rings. The van der Waals surface area contributed by atoms with Crippen molar-refractivity contribution >= 4 is 23.8 Å². The molecule has 0 radical (unpaired) electrons. The summed E-state index contributed by atoms with van der Waals surface area (Å²) < 4.78 is 37.6. The molecular formula is C17H19NO12. The molecule has 0 spiro atoms. The number of nitro groups is 1. The van der Waals surface area contributed by atoms with Crippen LogP contribution in [0.1, 0.15) is 32.8 Å². The highest BCUT2D eigenvalue weighted by molar-refractivity contribution is 5.68. The summed E-state index contributed by atoms with van der Waals surface area (Å²) >= 11 is 0. The minimum absolute atomic E-state index is 0.00729. The molecule has 0 aromatic carbocycles. The topological polar surface area (TPSA) is 163 Å². The van der Waals surface area contributed by atoms with E-state index in [1.165, 1.54) is 6.07 Å². The van der Waals surface area contributed by atoms with Crippen LogP contribution < -0.4 is 0 Å². The van der Waals surface area contributed by atoms with Crippen molar-refractivity contribution in [2.45, 2.75) is 57.8 Å². The van der Waals surface area contributed by atoms with Gasteiger partial charge in [-0.25, -0.2) is 0 Å². The summed E-state index contributed by atoms with van der Waals surface area (Å²) in [4.78, 5) is 44.8. The molecule has 0 aliphatic carbocycles. The van der Waals surface area contributed by atoms with Gasteiger partial charge in [-0.2, -0.15) is 0 Å². The second-order valence-electron chi connectivity index (χ2n) is 6.50. The zero-order chi connectivity index (χ0) is 22.0. The van der Waals surface area contributed by atoms with Gasteiger partial charge in [0.05, 0.1) is 12.7 Å². The fourth-order valence-corrected chi connectivity index (χ4v) is 3.16. The third-order valence-electron chi connectivity index (χ3n) is 4.19. The van der Waals surface area contributed by atoms with Crippen molar-refractivity contribution in [1.29, 1.82) is 0 Å². The molecule has 0 unspecified atom stereocenters. The van der Waals surface area contributed by atoms with Gasteiger partial charge >= 0.3 is 23.8 Å². The Morgan fingerprint density at radius 2 is 1.63 bits per heavy atom. The van der Waals surface area contributed by atoms with E-state index in [2.05, 4.69) is 0 Å². The summed E-state index contributed by atoms with van der Waals surface area (Å²) in [6, 6.07) is 2.44. The molecule has 1 aromatic heterocycles. The Kier molecular flexibility index (Phi) is 6.34. The first kappa shape index (κ1) is 21.7. The smallest absolute Gasteiger partial charge is 0.433 e. The summed E-state index contributed by atoms with van der Waals surface area (Å²) in [5.74, 6) is -2.66. The van der Waals surface area contributed by atoms with E-state index in [0.29, 0.717) is 0 Å². The van der Waals surface area contributed by atoms with Crippen molar-refractivity contribution < 1.29 is 52.1 Å². The molecule has 2 aliphatic rings. The zero-order valence-electron chi connectivity index (χ0n) is 16.2. The van der Waals surface area contributed by atoms with Crippen LogP contribution in [0.3, 0.4) is 0 Å². The van der Waals surface area contributed by atoms with Crippen LogP contribution >= 0.6 is 0 Å². The quantitative estimate of drug-likeness (QED) is 0.280. The van der Waals surface area contributed by atoms with E-state index in [1.54, 1.807) is 0 Å². The standard InChI is InChI=1S/C17H19NO12/c1-7(19)25-14-13-11(29-17(27-9(3)21)15(14)26-8(2)20)6-24-16(30-13)10-4-5-12(28-10)18(22)23/h4-5,11,13-17H,6H2,1-3H3/t11-,13+,14+,15+,16+,17-/m1/s1. The molecule has 0 saturated carbocycles. The number of hydrogen-bond acceptors (Lipinski definition) is 12. The first-order chi connectivity index (χ1) is 14.2. The number of nitrogens with zero attached hydrogens (tertiary/aromatic N) is 1. The van der Waals surface area contributed by atoms with Crippen molar-refractivity contribution in [2.75, 3.05) is 6.61 Å². The lowest BCUT2D eigenvalue weighted by molar-refractivity contribution is -0.404. The first-order valence-electron chi connectivity index (χ1n) is 8.84. The van der Waals surface area contributed by atoms with Crippen LogP contribution in [0, 0.1) is 10.1 Å². The molecule has 2 saturated heterocycles. The molecule has 2 fully saturated rings. The van der Waals surface area contributed by atoms with E-state index in [4.69, 9.17) is 32.8 Å². The number of furan rings is 1. The number of ether oxygens (including phenoxy) is 6. The Labute approximate surface area is 169 Å². The fraction of sp³-hybridized carbons (Fsp3) is 0.588. The van der Waals surface area contributed by atoms with E-state index in [9.17, 15) is 24.5 Å². The average molecular weight is 429 g/mol. The predicted octanol–water partition coefficient (Wildman–Crippen LogP) is 0.753. The van der Waals surface area contributed by atoms with Gasteiger partial charge < -0.3 is 32.8 Å². The molecule has 13 nitrogen and oxygen atoms in total. The van der Waals surface area contributed by atoms with Gasteiger partial charge in [0.2, 0.25) is 18.7 Å². The fourth-order valence-electron chi connectivity index (χ4n) is 3.16. The maximum Gasteiger partial charge on any atom is 0.433 e. The summed E-state index contributed by atoms with van der Waals surface area (Å²) in [7, 11) is 0. The highest BCUT2D eigenvalue weighted by atomic mass is 16.8. The predicted molar refractivity (Wildman–Crippen MR) is 90.5 cm³/mol. The van der Waals surface area contributed by atoms with Crippen LogP contribution in [-0.4, -0.2) is 60.1 Å². The Morgan fingerprint density at radius 3 is 2.20 bits per heavy atom. The average Bonchev–Trinajstić information content (AvgIpc) is 3.13. The lowest BCUT2D eigenvalue weighted by Crippen LogP contribution is -2.64. The SMILES string of the molecule is CC(=O)O[C@@H]1O[C@@H]2CO[C@H](c3ccc([N+](=O)[O-])o3)O[C@@H]2[C@H](OC(C)=O)[C@@H]1OC(C)=O. The van der Waals surface area contributed by atoms with Gasteiger partial charge in [-0.05, 0) is 6.07 Å². The largest absolute Gasteiger partial charge is 0.455 e. The summed E-state index contributed by atoms with van der Waals surface area (Å²) in [6.45, 7) is 3.28. The van der Waals surface area contributed by atoms with E-state index in [1.807, 2.05) is 0 Å². The number of hydrogen-bond donors (Lipinski definition) is 0. The minimum atomic E-state index is -1.37. The number of carbonyl (C=O) groups excluding carboxylic acids is 3. The monoisotopic (exact) mass is 429 g/mol. The van der Waals surface area contributed by atoms with Gasteiger partial charge in [-0.3, -0.25) is 24.5 Å². The molecule has 164 valence electrons. The highest BCUT2D eigenvalue weighted by Gasteiger charge is 2.55. The van der Waals surface area contributed by atoms with Crippen LogP contribution in [0.25, 0.3) is 0 Å². The molecule has 30 heavy (non-hydrogen) atoms. The first-order valence-corrected chi connectivity index (χ1v) is 8.84. The molecule has 0 bridgehead atoms. The van der Waals surface area contributed by atoms with Gasteiger partial charge in [0.25, 0.3) is 0 Å². The summed E-state index contributed by atoms with van der Waals surface area (Å²) in [5.41, 5.74) is 0. The number of esters is 3. The van der Waals surface area contributed by atoms with Crippen molar-refractivity contribution in [3.05, 3.63) is 28.0 Å². The van der Waals surface area contributed by atoms with Crippen LogP contribution in [0.5, 0.6) is 0 Å². The normalized spacial score (nSPS) is 30.6. The van der Waals surface area contributed by atoms with Crippen LogP contribution in [0.2, 0.25) is 0 Å². The lowest BCUT2D eigenvalue weighted by atomic mass is 9.97. The summed E-state index contributed by atoms with van der Waals surface area (Å²) in [6.07, 6.45) is -6.97. The Balaban J connectivity index is 1.88. The number of carbonyl (C=O) groups is 3.